The Balaban J connectivity index is 2.89. The van der Waals surface area contributed by atoms with Gasteiger partial charge >= 0.3 is 6.03 Å². The van der Waals surface area contributed by atoms with Crippen molar-refractivity contribution in [3.63, 3.8) is 0 Å². The number of carbonyl (C=O) groups excluding carboxylic acids is 1. The number of carbonyl (C=O) groups is 1. The lowest BCUT2D eigenvalue weighted by atomic mass is 10.3. The van der Waals surface area contributed by atoms with Crippen molar-refractivity contribution in [2.24, 2.45) is 5.73 Å². The minimum absolute atomic E-state index is 0.556. The Morgan fingerprint density at radius 3 is 2.42 bits per heavy atom. The molecule has 0 radical (unpaired) electrons. The summed E-state index contributed by atoms with van der Waals surface area (Å²) in [6.07, 6.45) is 0. The molecule has 0 spiro atoms. The normalized spacial score (nSPS) is 9.08. The molecule has 1 aromatic carbocycles. The van der Waals surface area contributed by atoms with E-state index in [0.717, 1.165) is 0 Å². The van der Waals surface area contributed by atoms with Gasteiger partial charge in [0, 0.05) is 11.8 Å². The molecule has 0 aliphatic heterocycles. The molecule has 4 N–H and O–H groups in total. The first-order valence-electron chi connectivity index (χ1n) is 3.26. The number of nitrogens with one attached hydrogen (secondary N) is 2. The number of halogens is 1. The molecule has 0 fully saturated rings. The summed E-state index contributed by atoms with van der Waals surface area (Å²) in [7, 11) is 0. The third-order valence-electron chi connectivity index (χ3n) is 1.29. The average Bonchev–Trinajstić information content (AvgIpc) is 2.04. The molecule has 0 aliphatic rings. The van der Waals surface area contributed by atoms with E-state index < -0.39 is 6.03 Å². The maximum Gasteiger partial charge on any atom is 0.316 e. The van der Waals surface area contributed by atoms with Crippen LogP contribution in [0.2, 0.25) is 0 Å². The number of amides is 2. The molecule has 0 saturated carbocycles. The molecule has 1 aromatic rings. The van der Waals surface area contributed by atoms with Gasteiger partial charge in [-0.05, 0) is 12.1 Å². The Morgan fingerprint density at radius 2 is 1.92 bits per heavy atom. The number of urea groups is 1. The molecule has 0 atom stereocenters. The summed E-state index contributed by atoms with van der Waals surface area (Å²) in [4.78, 5) is 12.9. The Hall–Kier alpha value is -1.42. The molecule has 1 rings (SSSR count). The van der Waals surface area contributed by atoms with Gasteiger partial charge in [0.1, 0.15) is 0 Å². The van der Waals surface area contributed by atoms with Crippen LogP contribution in [0, 0.1) is 0 Å². The molecule has 0 bridgehead atoms. The highest BCUT2D eigenvalue weighted by molar-refractivity contribution is 6.25. The van der Waals surface area contributed by atoms with E-state index in [1.165, 1.54) is 0 Å². The summed E-state index contributed by atoms with van der Waals surface area (Å²) >= 11 is 5.37. The zero-order valence-electron chi connectivity index (χ0n) is 6.17. The van der Waals surface area contributed by atoms with Crippen molar-refractivity contribution in [3.8, 4) is 0 Å². The van der Waals surface area contributed by atoms with Crippen LogP contribution in [-0.4, -0.2) is 6.03 Å². The van der Waals surface area contributed by atoms with E-state index in [1.807, 2.05) is 0 Å². The van der Waals surface area contributed by atoms with Crippen molar-refractivity contribution in [1.29, 1.82) is 0 Å². The predicted molar refractivity (Wildman–Crippen MR) is 49.1 cm³/mol. The summed E-state index contributed by atoms with van der Waals surface area (Å²) in [5, 5.41) is 2.42. The smallest absolute Gasteiger partial charge is 0.316 e. The number of rotatable bonds is 2. The molecule has 64 valence electrons. The highest BCUT2D eigenvalue weighted by Gasteiger charge is 2.00. The average molecular weight is 186 g/mol. The SMILES string of the molecule is NC(=O)Nc1ccccc1NCl. The quantitative estimate of drug-likeness (QED) is 0.615. The van der Waals surface area contributed by atoms with Crippen LogP contribution in [0.4, 0.5) is 16.2 Å². The van der Waals surface area contributed by atoms with E-state index in [2.05, 4.69) is 10.2 Å². The number of para-hydroxylation sites is 2. The Kier molecular flexibility index (Phi) is 2.76. The van der Waals surface area contributed by atoms with Crippen LogP contribution in [0.3, 0.4) is 0 Å². The maximum absolute atomic E-state index is 10.5. The Labute approximate surface area is 74.8 Å². The fraction of sp³-hybridized carbons (Fsp3) is 0. The third kappa shape index (κ3) is 2.03. The van der Waals surface area contributed by atoms with Crippen molar-refractivity contribution in [1.82, 2.24) is 0 Å². The summed E-state index contributed by atoms with van der Waals surface area (Å²) in [6, 6.07) is 6.35. The monoisotopic (exact) mass is 185 g/mol. The molecular weight excluding hydrogens is 178 g/mol. The summed E-state index contributed by atoms with van der Waals surface area (Å²) in [5.74, 6) is 0. The summed E-state index contributed by atoms with van der Waals surface area (Å²) in [5.41, 5.74) is 6.09. The number of hydrogen-bond donors (Lipinski definition) is 3. The predicted octanol–water partition coefficient (Wildman–Crippen LogP) is 1.74. The summed E-state index contributed by atoms with van der Waals surface area (Å²) < 4.78 is 0. The maximum atomic E-state index is 10.5. The van der Waals surface area contributed by atoms with Crippen LogP contribution in [0.5, 0.6) is 0 Å². The second kappa shape index (κ2) is 3.82. The van der Waals surface area contributed by atoms with E-state index >= 15 is 0 Å². The highest BCUT2D eigenvalue weighted by Crippen LogP contribution is 2.20. The van der Waals surface area contributed by atoms with E-state index in [0.29, 0.717) is 11.4 Å². The lowest BCUT2D eigenvalue weighted by Crippen LogP contribution is -2.19. The topological polar surface area (TPSA) is 67.2 Å². The van der Waals surface area contributed by atoms with Crippen LogP contribution in [0.1, 0.15) is 0 Å². The first-order valence-corrected chi connectivity index (χ1v) is 3.64. The minimum Gasteiger partial charge on any atom is -0.351 e. The van der Waals surface area contributed by atoms with Gasteiger partial charge in [0.15, 0.2) is 0 Å². The number of benzene rings is 1. The number of anilines is 2. The molecule has 0 heterocycles. The second-order valence-corrected chi connectivity index (χ2v) is 2.32. The number of nitrogens with two attached hydrogens (primary N) is 1. The summed E-state index contributed by atoms with van der Waals surface area (Å²) in [6.45, 7) is 0. The first-order chi connectivity index (χ1) is 5.74. The molecule has 0 unspecified atom stereocenters. The van der Waals surface area contributed by atoms with E-state index in [4.69, 9.17) is 17.5 Å². The first kappa shape index (κ1) is 8.67. The second-order valence-electron chi connectivity index (χ2n) is 2.13. The number of primary amides is 1. The largest absolute Gasteiger partial charge is 0.351 e. The molecule has 5 heteroatoms. The molecule has 0 saturated heterocycles. The van der Waals surface area contributed by atoms with Gasteiger partial charge in [0.2, 0.25) is 0 Å². The fourth-order valence-corrected chi connectivity index (χ4v) is 0.972. The van der Waals surface area contributed by atoms with Crippen LogP contribution in [-0.2, 0) is 0 Å². The van der Waals surface area contributed by atoms with Gasteiger partial charge in [-0.25, -0.2) is 4.79 Å². The molecular formula is C7H8ClN3O. The van der Waals surface area contributed by atoms with Crippen LogP contribution >= 0.6 is 11.8 Å². The van der Waals surface area contributed by atoms with Crippen molar-refractivity contribution in [3.05, 3.63) is 24.3 Å². The standard InChI is InChI=1S/C7H8ClN3O/c8-11-6-4-2-1-3-5(6)10-7(9)12/h1-4,11H,(H3,9,10,12). The van der Waals surface area contributed by atoms with Crippen LogP contribution in [0.25, 0.3) is 0 Å². The minimum atomic E-state index is -0.616. The zero-order chi connectivity index (χ0) is 8.97. The van der Waals surface area contributed by atoms with Crippen LogP contribution in [0.15, 0.2) is 24.3 Å². The van der Waals surface area contributed by atoms with Gasteiger partial charge in [0.25, 0.3) is 0 Å². The molecule has 0 aromatic heterocycles. The van der Waals surface area contributed by atoms with Crippen molar-refractivity contribution >= 4 is 29.2 Å². The van der Waals surface area contributed by atoms with Gasteiger partial charge < -0.3 is 11.1 Å². The number of hydrogen-bond acceptors (Lipinski definition) is 2. The lowest BCUT2D eigenvalue weighted by Gasteiger charge is -2.06. The molecule has 2 amide bonds. The van der Waals surface area contributed by atoms with Gasteiger partial charge in [-0.2, -0.15) is 0 Å². The third-order valence-corrected chi connectivity index (χ3v) is 1.49. The highest BCUT2D eigenvalue weighted by atomic mass is 35.5. The van der Waals surface area contributed by atoms with Gasteiger partial charge in [-0.15, -0.1) is 0 Å². The zero-order valence-corrected chi connectivity index (χ0v) is 6.93. The van der Waals surface area contributed by atoms with E-state index in [9.17, 15) is 4.79 Å². The lowest BCUT2D eigenvalue weighted by molar-refractivity contribution is 0.259. The van der Waals surface area contributed by atoms with Gasteiger partial charge in [0.05, 0.1) is 11.4 Å². The van der Waals surface area contributed by atoms with E-state index in [-0.39, 0.29) is 0 Å². The Morgan fingerprint density at radius 1 is 1.33 bits per heavy atom. The van der Waals surface area contributed by atoms with Crippen molar-refractivity contribution < 1.29 is 4.79 Å². The van der Waals surface area contributed by atoms with Crippen molar-refractivity contribution in [2.45, 2.75) is 0 Å². The van der Waals surface area contributed by atoms with Crippen molar-refractivity contribution in [2.75, 3.05) is 10.2 Å². The Bertz CT molecular complexity index is 290. The molecule has 0 aliphatic carbocycles. The van der Waals surface area contributed by atoms with Crippen LogP contribution < -0.4 is 15.9 Å². The van der Waals surface area contributed by atoms with Gasteiger partial charge in [-0.1, -0.05) is 12.1 Å². The fourth-order valence-electron chi connectivity index (χ4n) is 0.807. The van der Waals surface area contributed by atoms with E-state index in [1.54, 1.807) is 24.3 Å². The van der Waals surface area contributed by atoms with Gasteiger partial charge in [-0.3, -0.25) is 4.84 Å². The molecule has 12 heavy (non-hydrogen) atoms. The molecule has 4 nitrogen and oxygen atoms in total.